The van der Waals surface area contributed by atoms with E-state index in [9.17, 15) is 0 Å². The van der Waals surface area contributed by atoms with E-state index >= 15 is 0 Å². The molecule has 2 nitrogen and oxygen atoms in total. The molecule has 0 bridgehead atoms. The van der Waals surface area contributed by atoms with Crippen LogP contribution in [0.25, 0.3) is 0 Å². The number of hydrogen-bond acceptors (Lipinski definition) is 4. The number of nitrogens with one attached hydrogen (secondary N) is 1. The Balaban J connectivity index is 1.92. The number of hydrogen-bond donors (Lipinski definition) is 1. The van der Waals surface area contributed by atoms with Crippen LogP contribution < -0.4 is 5.32 Å². The maximum Gasteiger partial charge on any atom is 0.0791 e. The molecule has 0 unspecified atom stereocenters. The van der Waals surface area contributed by atoms with E-state index in [-0.39, 0.29) is 0 Å². The number of halogens is 1. The predicted molar refractivity (Wildman–Crippen MR) is 82.6 cm³/mol. The zero-order valence-electron chi connectivity index (χ0n) is 9.93. The van der Waals surface area contributed by atoms with Gasteiger partial charge in [-0.25, -0.2) is 0 Å². The molecule has 2 aromatic heterocycles. The van der Waals surface area contributed by atoms with Crippen molar-refractivity contribution in [1.29, 1.82) is 0 Å². The van der Waals surface area contributed by atoms with Gasteiger partial charge in [-0.05, 0) is 39.5 Å². The lowest BCUT2D eigenvalue weighted by molar-refractivity contribution is 0.203. The van der Waals surface area contributed by atoms with Gasteiger partial charge in [0.2, 0.25) is 0 Å². The van der Waals surface area contributed by atoms with Crippen LogP contribution in [0.4, 0.5) is 0 Å². The van der Waals surface area contributed by atoms with E-state index in [0.29, 0.717) is 6.04 Å². The summed E-state index contributed by atoms with van der Waals surface area (Å²) in [4.78, 5) is 5.47. The van der Waals surface area contributed by atoms with Gasteiger partial charge in [-0.2, -0.15) is 0 Å². The molecule has 1 aliphatic heterocycles. The van der Waals surface area contributed by atoms with Crippen molar-refractivity contribution in [3.05, 3.63) is 43.2 Å². The van der Waals surface area contributed by atoms with Crippen molar-refractivity contribution in [3.63, 3.8) is 0 Å². The van der Waals surface area contributed by atoms with Gasteiger partial charge in [0.25, 0.3) is 0 Å². The third kappa shape index (κ3) is 2.70. The van der Waals surface area contributed by atoms with E-state index in [4.69, 9.17) is 0 Å². The zero-order valence-corrected chi connectivity index (χ0v) is 13.2. The van der Waals surface area contributed by atoms with Crippen LogP contribution in [0.2, 0.25) is 0 Å². The third-order valence-electron chi connectivity index (χ3n) is 3.19. The molecule has 0 spiro atoms. The first-order valence-electron chi connectivity index (χ1n) is 6.08. The lowest BCUT2D eigenvalue weighted by Crippen LogP contribution is -2.45. The second kappa shape index (κ2) is 5.84. The molecule has 1 N–H and O–H groups in total. The van der Waals surface area contributed by atoms with Crippen LogP contribution in [0, 0.1) is 0 Å². The molecule has 3 heterocycles. The van der Waals surface area contributed by atoms with Crippen LogP contribution in [0.15, 0.2) is 33.4 Å². The highest BCUT2D eigenvalue weighted by Crippen LogP contribution is 2.37. The van der Waals surface area contributed by atoms with Gasteiger partial charge < -0.3 is 5.32 Å². The Bertz CT molecular complexity index is 489. The van der Waals surface area contributed by atoms with E-state index in [1.165, 1.54) is 13.5 Å². The van der Waals surface area contributed by atoms with Crippen molar-refractivity contribution >= 4 is 38.6 Å². The summed E-state index contributed by atoms with van der Waals surface area (Å²) < 4.78 is 1.22. The molecule has 2 aromatic rings. The minimum Gasteiger partial charge on any atom is -0.314 e. The fraction of sp³-hybridized carbons (Fsp3) is 0.385. The molecule has 1 aliphatic rings. The molecular weight excluding hydrogens is 328 g/mol. The average Bonchev–Trinajstić information content (AvgIpc) is 3.04. The first-order valence-corrected chi connectivity index (χ1v) is 8.57. The van der Waals surface area contributed by atoms with Crippen LogP contribution in [-0.4, -0.2) is 31.1 Å². The standard InChI is InChI=1S/C13H15BrN2S2/c14-12-4-3-11(18-12)13(10-2-1-9-17-10)16-7-5-15-6-8-16/h1-4,9,13,15H,5-8H2/t13-/m0/s1. The molecule has 96 valence electrons. The van der Waals surface area contributed by atoms with Crippen molar-refractivity contribution in [3.8, 4) is 0 Å². The lowest BCUT2D eigenvalue weighted by atomic mass is 10.1. The summed E-state index contributed by atoms with van der Waals surface area (Å²) in [7, 11) is 0. The summed E-state index contributed by atoms with van der Waals surface area (Å²) in [6.07, 6.45) is 0. The van der Waals surface area contributed by atoms with Gasteiger partial charge >= 0.3 is 0 Å². The molecular formula is C13H15BrN2S2. The highest BCUT2D eigenvalue weighted by molar-refractivity contribution is 9.11. The number of nitrogens with zero attached hydrogens (tertiary/aromatic N) is 1. The Morgan fingerprint density at radius 3 is 2.61 bits per heavy atom. The van der Waals surface area contributed by atoms with Gasteiger partial charge in [0, 0.05) is 35.9 Å². The maximum absolute atomic E-state index is 3.58. The fourth-order valence-electron chi connectivity index (χ4n) is 2.36. The molecule has 0 amide bonds. The smallest absolute Gasteiger partial charge is 0.0791 e. The second-order valence-electron chi connectivity index (χ2n) is 4.35. The summed E-state index contributed by atoms with van der Waals surface area (Å²) in [5.41, 5.74) is 0. The highest BCUT2D eigenvalue weighted by Gasteiger charge is 2.25. The van der Waals surface area contributed by atoms with E-state index in [1.807, 2.05) is 22.7 Å². The van der Waals surface area contributed by atoms with Crippen LogP contribution in [-0.2, 0) is 0 Å². The fourth-order valence-corrected chi connectivity index (χ4v) is 4.89. The van der Waals surface area contributed by atoms with E-state index < -0.39 is 0 Å². The van der Waals surface area contributed by atoms with Gasteiger partial charge in [0.15, 0.2) is 0 Å². The summed E-state index contributed by atoms with van der Waals surface area (Å²) in [6, 6.07) is 9.25. The van der Waals surface area contributed by atoms with Crippen molar-refractivity contribution in [2.24, 2.45) is 0 Å². The van der Waals surface area contributed by atoms with Crippen LogP contribution in [0.1, 0.15) is 15.8 Å². The zero-order chi connectivity index (χ0) is 12.4. The topological polar surface area (TPSA) is 15.3 Å². The summed E-state index contributed by atoms with van der Waals surface area (Å²) in [5.74, 6) is 0. The van der Waals surface area contributed by atoms with Crippen LogP contribution in [0.5, 0.6) is 0 Å². The van der Waals surface area contributed by atoms with Gasteiger partial charge in [0.1, 0.15) is 0 Å². The third-order valence-corrected chi connectivity index (χ3v) is 5.79. The van der Waals surface area contributed by atoms with E-state index in [1.54, 1.807) is 0 Å². The molecule has 5 heteroatoms. The molecule has 0 aliphatic carbocycles. The van der Waals surface area contributed by atoms with Crippen molar-refractivity contribution in [2.75, 3.05) is 26.2 Å². The normalized spacial score (nSPS) is 18.9. The molecule has 3 rings (SSSR count). The molecule has 0 saturated carbocycles. The van der Waals surface area contributed by atoms with Crippen LogP contribution >= 0.6 is 38.6 Å². The average molecular weight is 343 g/mol. The molecule has 18 heavy (non-hydrogen) atoms. The monoisotopic (exact) mass is 342 g/mol. The SMILES string of the molecule is Brc1ccc([C@H](c2cccs2)N2CCNCC2)s1. The highest BCUT2D eigenvalue weighted by atomic mass is 79.9. The summed E-state index contributed by atoms with van der Waals surface area (Å²) in [6.45, 7) is 4.43. The minimum atomic E-state index is 0.434. The largest absolute Gasteiger partial charge is 0.314 e. The summed E-state index contributed by atoms with van der Waals surface area (Å²) >= 11 is 7.29. The number of rotatable bonds is 3. The Morgan fingerprint density at radius 1 is 1.17 bits per heavy atom. The van der Waals surface area contributed by atoms with Crippen molar-refractivity contribution in [2.45, 2.75) is 6.04 Å². The Hall–Kier alpha value is -0.200. The maximum atomic E-state index is 3.58. The number of piperazine rings is 1. The Morgan fingerprint density at radius 2 is 2.00 bits per heavy atom. The number of thiophene rings is 2. The molecule has 1 atom stereocenters. The minimum absolute atomic E-state index is 0.434. The van der Waals surface area contributed by atoms with Gasteiger partial charge in [0.05, 0.1) is 9.83 Å². The van der Waals surface area contributed by atoms with E-state index in [0.717, 1.165) is 26.2 Å². The molecule has 0 aromatic carbocycles. The molecule has 1 saturated heterocycles. The first kappa shape index (κ1) is 12.8. The lowest BCUT2D eigenvalue weighted by Gasteiger charge is -2.33. The second-order valence-corrected chi connectivity index (χ2v) is 7.82. The van der Waals surface area contributed by atoms with Gasteiger partial charge in [-0.15, -0.1) is 22.7 Å². The Labute approximate surface area is 124 Å². The van der Waals surface area contributed by atoms with Crippen molar-refractivity contribution in [1.82, 2.24) is 10.2 Å². The van der Waals surface area contributed by atoms with Gasteiger partial charge in [-0.3, -0.25) is 4.90 Å². The van der Waals surface area contributed by atoms with Gasteiger partial charge in [-0.1, -0.05) is 6.07 Å². The van der Waals surface area contributed by atoms with Crippen LogP contribution in [0.3, 0.4) is 0 Å². The first-order chi connectivity index (χ1) is 8.84. The quantitative estimate of drug-likeness (QED) is 0.917. The van der Waals surface area contributed by atoms with E-state index in [2.05, 4.69) is 55.8 Å². The summed E-state index contributed by atoms with van der Waals surface area (Å²) in [5, 5.41) is 5.60. The molecule has 1 fully saturated rings. The van der Waals surface area contributed by atoms with Crippen molar-refractivity contribution < 1.29 is 0 Å². The predicted octanol–water partition coefficient (Wildman–Crippen LogP) is 3.57. The molecule has 0 radical (unpaired) electrons. The Kier molecular flexibility index (Phi) is 4.16.